The average molecular weight is 241 g/mol. The summed E-state index contributed by atoms with van der Waals surface area (Å²) in [5.74, 6) is 0.213. The number of carbonyl (C=O) groups excluding carboxylic acids is 1. The second-order valence-electron chi connectivity index (χ2n) is 4.03. The lowest BCUT2D eigenvalue weighted by Gasteiger charge is -2.14. The summed E-state index contributed by atoms with van der Waals surface area (Å²) in [6, 6.07) is -0.643. The molecular formula is C11H19N3O3. The number of carbonyl (C=O) groups is 1. The maximum absolute atomic E-state index is 12.2. The molecule has 2 N–H and O–H groups in total. The fourth-order valence-electron chi connectivity index (χ4n) is 1.55. The number of nitrogens with two attached hydrogens (primary N) is 1. The Balaban J connectivity index is 3.09. The number of hydrogen-bond donors (Lipinski definition) is 1. The summed E-state index contributed by atoms with van der Waals surface area (Å²) in [5.41, 5.74) is 6.14. The Labute approximate surface area is 101 Å². The SMILES string of the molecule is COCC(N)C(=O)c1c(OC)cnn1C(C)C. The fourth-order valence-corrected chi connectivity index (χ4v) is 1.55. The van der Waals surface area contributed by atoms with Crippen molar-refractivity contribution in [3.05, 3.63) is 11.9 Å². The van der Waals surface area contributed by atoms with Crippen molar-refractivity contribution in [1.29, 1.82) is 0 Å². The van der Waals surface area contributed by atoms with Gasteiger partial charge in [-0.05, 0) is 13.8 Å². The Bertz CT molecular complexity index is 387. The maximum Gasteiger partial charge on any atom is 0.203 e. The van der Waals surface area contributed by atoms with Crippen LogP contribution in [0.1, 0.15) is 30.4 Å². The van der Waals surface area contributed by atoms with Gasteiger partial charge in [-0.2, -0.15) is 5.10 Å². The number of methoxy groups -OCH3 is 2. The van der Waals surface area contributed by atoms with Crippen molar-refractivity contribution < 1.29 is 14.3 Å². The number of nitrogens with zero attached hydrogens (tertiary/aromatic N) is 2. The van der Waals surface area contributed by atoms with Gasteiger partial charge in [0.15, 0.2) is 5.75 Å². The summed E-state index contributed by atoms with van der Waals surface area (Å²) in [7, 11) is 3.00. The molecule has 6 heteroatoms. The number of aromatic nitrogens is 2. The van der Waals surface area contributed by atoms with Crippen molar-refractivity contribution in [2.24, 2.45) is 5.73 Å². The van der Waals surface area contributed by atoms with Crippen LogP contribution in [-0.4, -0.2) is 42.4 Å². The molecule has 0 spiro atoms. The van der Waals surface area contributed by atoms with Crippen LogP contribution in [0.2, 0.25) is 0 Å². The molecule has 1 aromatic heterocycles. The molecule has 0 fully saturated rings. The monoisotopic (exact) mass is 241 g/mol. The second-order valence-corrected chi connectivity index (χ2v) is 4.03. The van der Waals surface area contributed by atoms with Gasteiger partial charge in [-0.3, -0.25) is 9.48 Å². The number of ether oxygens (including phenoxy) is 2. The molecule has 0 aliphatic heterocycles. The van der Waals surface area contributed by atoms with E-state index in [0.29, 0.717) is 11.4 Å². The smallest absolute Gasteiger partial charge is 0.203 e. The van der Waals surface area contributed by atoms with E-state index in [1.807, 2.05) is 13.8 Å². The summed E-state index contributed by atoms with van der Waals surface area (Å²) in [4.78, 5) is 12.2. The zero-order valence-electron chi connectivity index (χ0n) is 10.6. The van der Waals surface area contributed by atoms with Gasteiger partial charge in [-0.1, -0.05) is 0 Å². The Morgan fingerprint density at radius 1 is 1.53 bits per heavy atom. The number of hydrogen-bond acceptors (Lipinski definition) is 5. The van der Waals surface area contributed by atoms with Gasteiger partial charge < -0.3 is 15.2 Å². The van der Waals surface area contributed by atoms with Crippen LogP contribution in [0.15, 0.2) is 6.20 Å². The van der Waals surface area contributed by atoms with Gasteiger partial charge in [0.05, 0.1) is 26.0 Å². The molecule has 1 heterocycles. The number of ketones is 1. The molecule has 1 atom stereocenters. The summed E-state index contributed by atoms with van der Waals surface area (Å²) < 4.78 is 11.6. The first kappa shape index (κ1) is 13.7. The lowest BCUT2D eigenvalue weighted by Crippen LogP contribution is -2.36. The van der Waals surface area contributed by atoms with Crippen molar-refractivity contribution in [3.63, 3.8) is 0 Å². The summed E-state index contributed by atoms with van der Waals surface area (Å²) in [5, 5.41) is 4.12. The molecule has 0 radical (unpaired) electrons. The maximum atomic E-state index is 12.2. The van der Waals surface area contributed by atoms with Crippen LogP contribution in [0, 0.1) is 0 Å². The summed E-state index contributed by atoms with van der Waals surface area (Å²) in [6.45, 7) is 4.04. The molecule has 17 heavy (non-hydrogen) atoms. The van der Waals surface area contributed by atoms with E-state index >= 15 is 0 Å². The third-order valence-electron chi connectivity index (χ3n) is 2.39. The number of rotatable bonds is 6. The van der Waals surface area contributed by atoms with Crippen LogP contribution in [0.4, 0.5) is 0 Å². The van der Waals surface area contributed by atoms with Crippen molar-refractivity contribution >= 4 is 5.78 Å². The summed E-state index contributed by atoms with van der Waals surface area (Å²) >= 11 is 0. The van der Waals surface area contributed by atoms with Crippen LogP contribution in [0.5, 0.6) is 5.75 Å². The molecule has 0 aliphatic carbocycles. The lowest BCUT2D eigenvalue weighted by atomic mass is 10.1. The molecule has 1 aromatic rings. The Kier molecular flexibility index (Phi) is 4.65. The molecule has 0 bridgehead atoms. The topological polar surface area (TPSA) is 79.4 Å². The van der Waals surface area contributed by atoms with E-state index < -0.39 is 6.04 Å². The Hall–Kier alpha value is -1.40. The van der Waals surface area contributed by atoms with Gasteiger partial charge >= 0.3 is 0 Å². The normalized spacial score (nSPS) is 12.8. The molecule has 1 unspecified atom stereocenters. The lowest BCUT2D eigenvalue weighted by molar-refractivity contribution is 0.0876. The molecule has 0 saturated heterocycles. The molecule has 0 aromatic carbocycles. The highest BCUT2D eigenvalue weighted by molar-refractivity contribution is 6.00. The van der Waals surface area contributed by atoms with Gasteiger partial charge in [0.2, 0.25) is 5.78 Å². The molecular weight excluding hydrogens is 222 g/mol. The second kappa shape index (κ2) is 5.79. The predicted molar refractivity (Wildman–Crippen MR) is 63.3 cm³/mol. The van der Waals surface area contributed by atoms with E-state index in [1.54, 1.807) is 4.68 Å². The van der Waals surface area contributed by atoms with E-state index in [9.17, 15) is 4.79 Å². The highest BCUT2D eigenvalue weighted by Gasteiger charge is 2.25. The van der Waals surface area contributed by atoms with Gasteiger partial charge in [-0.25, -0.2) is 0 Å². The molecule has 0 saturated carbocycles. The molecule has 6 nitrogen and oxygen atoms in total. The van der Waals surface area contributed by atoms with Crippen molar-refractivity contribution in [2.45, 2.75) is 25.9 Å². The highest BCUT2D eigenvalue weighted by atomic mass is 16.5. The Morgan fingerprint density at radius 3 is 2.65 bits per heavy atom. The van der Waals surface area contributed by atoms with E-state index in [1.165, 1.54) is 20.4 Å². The van der Waals surface area contributed by atoms with E-state index in [4.69, 9.17) is 15.2 Å². The first-order chi connectivity index (χ1) is 8.02. The van der Waals surface area contributed by atoms with E-state index in [0.717, 1.165) is 0 Å². The largest absolute Gasteiger partial charge is 0.493 e. The van der Waals surface area contributed by atoms with Crippen LogP contribution >= 0.6 is 0 Å². The van der Waals surface area contributed by atoms with Gasteiger partial charge in [0.25, 0.3) is 0 Å². The van der Waals surface area contributed by atoms with E-state index in [2.05, 4.69) is 5.10 Å². The minimum absolute atomic E-state index is 0.0626. The minimum Gasteiger partial charge on any atom is -0.493 e. The summed E-state index contributed by atoms with van der Waals surface area (Å²) in [6.07, 6.45) is 1.52. The quantitative estimate of drug-likeness (QED) is 0.739. The third-order valence-corrected chi connectivity index (χ3v) is 2.39. The van der Waals surface area contributed by atoms with Gasteiger partial charge in [0.1, 0.15) is 5.69 Å². The minimum atomic E-state index is -0.705. The van der Waals surface area contributed by atoms with Gasteiger partial charge in [-0.15, -0.1) is 0 Å². The predicted octanol–water partition coefficient (Wildman–Crippen LogP) is 0.629. The van der Waals surface area contributed by atoms with Crippen LogP contribution < -0.4 is 10.5 Å². The zero-order valence-corrected chi connectivity index (χ0v) is 10.6. The van der Waals surface area contributed by atoms with Gasteiger partial charge in [0, 0.05) is 13.2 Å². The van der Waals surface area contributed by atoms with Crippen molar-refractivity contribution in [2.75, 3.05) is 20.8 Å². The first-order valence-electron chi connectivity index (χ1n) is 5.43. The zero-order chi connectivity index (χ0) is 13.0. The average Bonchev–Trinajstić information content (AvgIpc) is 2.71. The van der Waals surface area contributed by atoms with Crippen molar-refractivity contribution in [3.8, 4) is 5.75 Å². The fraction of sp³-hybridized carbons (Fsp3) is 0.636. The molecule has 0 aliphatic rings. The van der Waals surface area contributed by atoms with E-state index in [-0.39, 0.29) is 18.4 Å². The molecule has 0 amide bonds. The number of Topliss-reactive ketones (excluding diaryl/α,β-unsaturated/α-hetero) is 1. The highest BCUT2D eigenvalue weighted by Crippen LogP contribution is 2.22. The van der Waals surface area contributed by atoms with Crippen molar-refractivity contribution in [1.82, 2.24) is 9.78 Å². The van der Waals surface area contributed by atoms with Crippen LogP contribution in [-0.2, 0) is 4.74 Å². The Morgan fingerprint density at radius 2 is 2.18 bits per heavy atom. The first-order valence-corrected chi connectivity index (χ1v) is 5.43. The van der Waals surface area contributed by atoms with Crippen LogP contribution in [0.3, 0.4) is 0 Å². The standard InChI is InChI=1S/C11H19N3O3/c1-7(2)14-10(9(17-4)5-13-14)11(15)8(12)6-16-3/h5,7-8H,6,12H2,1-4H3. The molecule has 96 valence electrons. The molecule has 1 rings (SSSR count). The third kappa shape index (κ3) is 2.83. The van der Waals surface area contributed by atoms with Crippen LogP contribution in [0.25, 0.3) is 0 Å².